The van der Waals surface area contributed by atoms with Crippen molar-refractivity contribution >= 4 is 12.6 Å². The average molecular weight is 182 g/mol. The first-order valence-electron chi connectivity index (χ1n) is 3.80. The van der Waals surface area contributed by atoms with E-state index in [0.29, 0.717) is 0 Å². The van der Waals surface area contributed by atoms with Crippen molar-refractivity contribution in [3.8, 4) is 0 Å². The Morgan fingerprint density at radius 2 is 1.58 bits per heavy atom. The lowest BCUT2D eigenvalue weighted by atomic mass is 9.87. The third kappa shape index (κ3) is 2.56. The first-order chi connectivity index (χ1) is 5.02. The lowest BCUT2D eigenvalue weighted by Crippen LogP contribution is -2.11. The summed E-state index contributed by atoms with van der Waals surface area (Å²) in [6.07, 6.45) is 0. The minimum absolute atomic E-state index is 0. The van der Waals surface area contributed by atoms with Crippen molar-refractivity contribution in [2.24, 2.45) is 0 Å². The van der Waals surface area contributed by atoms with Gasteiger partial charge in [0.2, 0.25) is 0 Å². The van der Waals surface area contributed by atoms with Crippen LogP contribution in [0, 0.1) is 0 Å². The van der Waals surface area contributed by atoms with E-state index in [1.807, 2.05) is 12.1 Å². The molecule has 1 aromatic carbocycles. The summed E-state index contributed by atoms with van der Waals surface area (Å²) in [6.45, 7) is 6.59. The fourth-order valence-electron chi connectivity index (χ4n) is 1.11. The van der Waals surface area contributed by atoms with Crippen LogP contribution in [0.25, 0.3) is 0 Å². The van der Waals surface area contributed by atoms with Crippen molar-refractivity contribution in [3.63, 3.8) is 0 Å². The Bertz CT molecular complexity index is 245. The molecule has 0 atom stereocenters. The summed E-state index contributed by atoms with van der Waals surface area (Å²) in [4.78, 5) is 1.08. The van der Waals surface area contributed by atoms with Gasteiger partial charge in [-0.1, -0.05) is 46.4 Å². The van der Waals surface area contributed by atoms with Gasteiger partial charge in [0, 0.05) is 4.90 Å². The van der Waals surface area contributed by atoms with Gasteiger partial charge in [-0.2, -0.15) is 0 Å². The minimum Gasteiger partial charge on any atom is -0.143 e. The standard InChI is InChI=1S/C10H14S.CH4/c1-10(2,3)8-6-4-5-7-9(8)11;/h4-7,11H,1-3H3;1H4. The van der Waals surface area contributed by atoms with E-state index in [4.69, 9.17) is 0 Å². The van der Waals surface area contributed by atoms with Crippen molar-refractivity contribution in [2.45, 2.75) is 38.5 Å². The van der Waals surface area contributed by atoms with Crippen molar-refractivity contribution in [1.82, 2.24) is 0 Å². The number of hydrogen-bond acceptors (Lipinski definition) is 1. The van der Waals surface area contributed by atoms with E-state index in [-0.39, 0.29) is 12.8 Å². The van der Waals surface area contributed by atoms with Crippen LogP contribution in [0.2, 0.25) is 0 Å². The summed E-state index contributed by atoms with van der Waals surface area (Å²) in [5.41, 5.74) is 1.52. The molecule has 1 rings (SSSR count). The predicted octanol–water partition coefficient (Wildman–Crippen LogP) is 3.91. The van der Waals surface area contributed by atoms with Crippen LogP contribution >= 0.6 is 12.6 Å². The molecule has 0 saturated heterocycles. The molecule has 0 bridgehead atoms. The molecular formula is C11H18S. The zero-order valence-corrected chi connectivity index (χ0v) is 8.15. The molecule has 0 unspecified atom stereocenters. The number of rotatable bonds is 0. The van der Waals surface area contributed by atoms with Crippen LogP contribution in [0.4, 0.5) is 0 Å². The molecule has 0 aliphatic carbocycles. The second kappa shape index (κ2) is 3.99. The second-order valence-electron chi connectivity index (χ2n) is 3.77. The lowest BCUT2D eigenvalue weighted by Gasteiger charge is -2.20. The molecule has 1 aromatic rings. The fourth-order valence-corrected chi connectivity index (χ4v) is 1.60. The highest BCUT2D eigenvalue weighted by molar-refractivity contribution is 7.80. The molecule has 0 aromatic heterocycles. The average Bonchev–Trinajstić information content (AvgIpc) is 1.86. The van der Waals surface area contributed by atoms with Gasteiger partial charge >= 0.3 is 0 Å². The molecule has 12 heavy (non-hydrogen) atoms. The molecule has 0 aliphatic heterocycles. The van der Waals surface area contributed by atoms with E-state index < -0.39 is 0 Å². The maximum absolute atomic E-state index is 4.39. The quantitative estimate of drug-likeness (QED) is 0.578. The van der Waals surface area contributed by atoms with Gasteiger partial charge in [-0.25, -0.2) is 0 Å². The normalized spacial score (nSPS) is 10.7. The minimum atomic E-state index is 0. The largest absolute Gasteiger partial charge is 0.143 e. The molecule has 0 saturated carbocycles. The van der Waals surface area contributed by atoms with E-state index in [1.54, 1.807) is 0 Å². The van der Waals surface area contributed by atoms with Gasteiger partial charge in [-0.15, -0.1) is 12.6 Å². The predicted molar refractivity (Wildman–Crippen MR) is 59.1 cm³/mol. The topological polar surface area (TPSA) is 0 Å². The van der Waals surface area contributed by atoms with Gasteiger partial charge in [0.05, 0.1) is 0 Å². The molecule has 0 amide bonds. The Balaban J connectivity index is 0.00000121. The van der Waals surface area contributed by atoms with Crippen LogP contribution in [0.1, 0.15) is 33.8 Å². The Kier molecular flexibility index (Phi) is 3.85. The van der Waals surface area contributed by atoms with E-state index in [0.717, 1.165) is 4.90 Å². The maximum Gasteiger partial charge on any atom is 0.00773 e. The van der Waals surface area contributed by atoms with Crippen LogP contribution in [0.3, 0.4) is 0 Å². The molecule has 0 spiro atoms. The van der Waals surface area contributed by atoms with Crippen LogP contribution in [-0.2, 0) is 5.41 Å². The van der Waals surface area contributed by atoms with Gasteiger partial charge in [-0.3, -0.25) is 0 Å². The van der Waals surface area contributed by atoms with Crippen molar-refractivity contribution < 1.29 is 0 Å². The molecular weight excluding hydrogens is 164 g/mol. The highest BCUT2D eigenvalue weighted by Crippen LogP contribution is 2.27. The number of hydrogen-bond donors (Lipinski definition) is 1. The summed E-state index contributed by atoms with van der Waals surface area (Å²) < 4.78 is 0. The lowest BCUT2D eigenvalue weighted by molar-refractivity contribution is 0.578. The molecule has 0 radical (unpaired) electrons. The Morgan fingerprint density at radius 1 is 1.08 bits per heavy atom. The summed E-state index contributed by atoms with van der Waals surface area (Å²) >= 11 is 4.39. The van der Waals surface area contributed by atoms with E-state index in [2.05, 4.69) is 45.5 Å². The number of benzene rings is 1. The third-order valence-electron chi connectivity index (χ3n) is 1.71. The van der Waals surface area contributed by atoms with Gasteiger partial charge in [-0.05, 0) is 17.0 Å². The van der Waals surface area contributed by atoms with E-state index >= 15 is 0 Å². The van der Waals surface area contributed by atoms with E-state index in [9.17, 15) is 0 Å². The van der Waals surface area contributed by atoms with Crippen LogP contribution in [0.15, 0.2) is 29.2 Å². The molecule has 0 heterocycles. The molecule has 0 fully saturated rings. The third-order valence-corrected chi connectivity index (χ3v) is 2.10. The molecule has 1 heteroatoms. The smallest absolute Gasteiger partial charge is 0.00773 e. The van der Waals surface area contributed by atoms with Crippen LogP contribution in [0.5, 0.6) is 0 Å². The molecule has 0 N–H and O–H groups in total. The van der Waals surface area contributed by atoms with Crippen LogP contribution in [-0.4, -0.2) is 0 Å². The Labute approximate surface area is 81.4 Å². The van der Waals surface area contributed by atoms with Gasteiger partial charge in [0.1, 0.15) is 0 Å². The Hall–Kier alpha value is -0.430. The summed E-state index contributed by atoms with van der Waals surface area (Å²) in [7, 11) is 0. The first kappa shape index (κ1) is 11.6. The summed E-state index contributed by atoms with van der Waals surface area (Å²) in [5, 5.41) is 0. The van der Waals surface area contributed by atoms with Crippen molar-refractivity contribution in [2.75, 3.05) is 0 Å². The van der Waals surface area contributed by atoms with Crippen molar-refractivity contribution in [3.05, 3.63) is 29.8 Å². The fraction of sp³-hybridized carbons (Fsp3) is 0.455. The molecule has 0 nitrogen and oxygen atoms in total. The van der Waals surface area contributed by atoms with Gasteiger partial charge < -0.3 is 0 Å². The molecule has 0 aliphatic rings. The van der Waals surface area contributed by atoms with E-state index in [1.165, 1.54) is 5.56 Å². The SMILES string of the molecule is C.CC(C)(C)c1ccccc1S. The summed E-state index contributed by atoms with van der Waals surface area (Å²) in [6, 6.07) is 8.23. The second-order valence-corrected chi connectivity index (χ2v) is 4.25. The Morgan fingerprint density at radius 3 is 1.92 bits per heavy atom. The first-order valence-corrected chi connectivity index (χ1v) is 4.25. The van der Waals surface area contributed by atoms with Crippen molar-refractivity contribution in [1.29, 1.82) is 0 Å². The maximum atomic E-state index is 4.39. The molecule has 68 valence electrons. The highest BCUT2D eigenvalue weighted by Gasteiger charge is 2.14. The van der Waals surface area contributed by atoms with Crippen LogP contribution < -0.4 is 0 Å². The zero-order valence-electron chi connectivity index (χ0n) is 7.26. The van der Waals surface area contributed by atoms with Gasteiger partial charge in [0.15, 0.2) is 0 Å². The summed E-state index contributed by atoms with van der Waals surface area (Å²) in [5.74, 6) is 0. The monoisotopic (exact) mass is 182 g/mol. The number of thiol groups is 1. The zero-order chi connectivity index (χ0) is 8.48. The highest BCUT2D eigenvalue weighted by atomic mass is 32.1. The van der Waals surface area contributed by atoms with Gasteiger partial charge in [0.25, 0.3) is 0 Å².